The first kappa shape index (κ1) is 19.9. The summed E-state index contributed by atoms with van der Waals surface area (Å²) in [6, 6.07) is 9.97. The molecule has 150 valence electrons. The lowest BCUT2D eigenvalue weighted by molar-refractivity contribution is -0.116. The van der Waals surface area contributed by atoms with E-state index < -0.39 is 0 Å². The second-order valence-corrected chi connectivity index (χ2v) is 9.67. The molecule has 0 spiro atoms. The van der Waals surface area contributed by atoms with Crippen LogP contribution in [0.1, 0.15) is 40.1 Å². The summed E-state index contributed by atoms with van der Waals surface area (Å²) in [7, 11) is 0. The van der Waals surface area contributed by atoms with Gasteiger partial charge in [0.1, 0.15) is 5.01 Å². The van der Waals surface area contributed by atoms with Gasteiger partial charge in [0.05, 0.1) is 5.75 Å². The summed E-state index contributed by atoms with van der Waals surface area (Å²) in [5.41, 5.74) is 1.03. The molecule has 11 heteroatoms. The fraction of sp³-hybridized carbons (Fsp3) is 0.333. The highest BCUT2D eigenvalue weighted by atomic mass is 32.2. The van der Waals surface area contributed by atoms with E-state index in [1.165, 1.54) is 34.4 Å². The number of benzene rings is 1. The summed E-state index contributed by atoms with van der Waals surface area (Å²) >= 11 is 4.14. The van der Waals surface area contributed by atoms with Crippen LogP contribution in [0.15, 0.2) is 34.7 Å². The van der Waals surface area contributed by atoms with E-state index in [0.29, 0.717) is 22.4 Å². The number of amides is 2. The smallest absolute Gasteiger partial charge is 0.282 e. The number of rotatable bonds is 8. The molecule has 29 heavy (non-hydrogen) atoms. The van der Waals surface area contributed by atoms with Gasteiger partial charge in [-0.2, -0.15) is 0 Å². The lowest BCUT2D eigenvalue weighted by Crippen LogP contribution is -2.30. The molecule has 2 amide bonds. The quantitative estimate of drug-likeness (QED) is 0.419. The summed E-state index contributed by atoms with van der Waals surface area (Å²) < 4.78 is 0.761. The van der Waals surface area contributed by atoms with Gasteiger partial charge in [-0.3, -0.25) is 14.5 Å². The van der Waals surface area contributed by atoms with Crippen LogP contribution in [0.3, 0.4) is 0 Å². The highest BCUT2D eigenvalue weighted by Gasteiger charge is 2.34. The molecule has 1 saturated carbocycles. The van der Waals surface area contributed by atoms with Gasteiger partial charge in [0.25, 0.3) is 5.91 Å². The third-order valence-electron chi connectivity index (χ3n) is 4.13. The van der Waals surface area contributed by atoms with Gasteiger partial charge < -0.3 is 5.32 Å². The van der Waals surface area contributed by atoms with E-state index in [4.69, 9.17) is 0 Å². The lowest BCUT2D eigenvalue weighted by Gasteiger charge is -2.15. The Bertz CT molecular complexity index is 1000. The van der Waals surface area contributed by atoms with Crippen LogP contribution < -0.4 is 10.2 Å². The zero-order valence-electron chi connectivity index (χ0n) is 15.6. The minimum absolute atomic E-state index is 0.00418. The molecule has 4 rings (SSSR count). The van der Waals surface area contributed by atoms with E-state index in [2.05, 4.69) is 25.7 Å². The summed E-state index contributed by atoms with van der Waals surface area (Å²) in [5, 5.41) is 21.0. The maximum Gasteiger partial charge on any atom is 0.282 e. The maximum atomic E-state index is 12.2. The van der Waals surface area contributed by atoms with Gasteiger partial charge >= 0.3 is 0 Å². The Morgan fingerprint density at radius 1 is 1.14 bits per heavy atom. The van der Waals surface area contributed by atoms with Crippen molar-refractivity contribution in [3.05, 3.63) is 45.9 Å². The Labute approximate surface area is 179 Å². The number of nitrogens with one attached hydrogen (secondary N) is 1. The zero-order valence-corrected chi connectivity index (χ0v) is 18.0. The third kappa shape index (κ3) is 5.17. The van der Waals surface area contributed by atoms with Crippen LogP contribution in [0.5, 0.6) is 0 Å². The number of hydrogen-bond acceptors (Lipinski definition) is 9. The zero-order chi connectivity index (χ0) is 20.2. The second-order valence-electron chi connectivity index (χ2n) is 6.43. The van der Waals surface area contributed by atoms with Gasteiger partial charge in [-0.1, -0.05) is 64.8 Å². The summed E-state index contributed by atoms with van der Waals surface area (Å²) in [6.07, 6.45) is 2.03. The molecule has 0 aliphatic heterocycles. The second kappa shape index (κ2) is 8.97. The molecule has 3 aromatic rings. The molecule has 0 bridgehead atoms. The Hall–Kier alpha value is -2.37. The van der Waals surface area contributed by atoms with Crippen LogP contribution in [0.4, 0.5) is 5.13 Å². The average molecular weight is 447 g/mol. The molecule has 8 nitrogen and oxygen atoms in total. The molecule has 0 unspecified atom stereocenters. The van der Waals surface area contributed by atoms with E-state index >= 15 is 0 Å². The van der Waals surface area contributed by atoms with Crippen LogP contribution in [0, 0.1) is 0 Å². The Kier molecular flexibility index (Phi) is 6.16. The van der Waals surface area contributed by atoms with Crippen molar-refractivity contribution in [2.24, 2.45) is 0 Å². The third-order valence-corrected chi connectivity index (χ3v) is 7.30. The molecule has 0 atom stereocenters. The Morgan fingerprint density at radius 2 is 1.93 bits per heavy atom. The van der Waals surface area contributed by atoms with Gasteiger partial charge in [-0.15, -0.1) is 20.4 Å². The monoisotopic (exact) mass is 446 g/mol. The molecule has 1 aromatic carbocycles. The summed E-state index contributed by atoms with van der Waals surface area (Å²) in [5.74, 6) is 0.305. The molecule has 2 heterocycles. The Morgan fingerprint density at radius 3 is 2.66 bits per heavy atom. The first-order valence-corrected chi connectivity index (χ1v) is 11.6. The molecular weight excluding hydrogens is 428 g/mol. The van der Waals surface area contributed by atoms with Gasteiger partial charge in [0.15, 0.2) is 4.34 Å². The van der Waals surface area contributed by atoms with Crippen molar-refractivity contribution >= 4 is 51.4 Å². The fourth-order valence-corrected chi connectivity index (χ4v) is 5.32. The van der Waals surface area contributed by atoms with Crippen LogP contribution in [0.25, 0.3) is 0 Å². The van der Waals surface area contributed by atoms with Crippen molar-refractivity contribution < 1.29 is 9.59 Å². The number of thioether (sulfide) groups is 1. The molecule has 0 saturated heterocycles. The van der Waals surface area contributed by atoms with Gasteiger partial charge in [-0.25, -0.2) is 0 Å². The van der Waals surface area contributed by atoms with Gasteiger partial charge in [-0.05, 0) is 18.4 Å². The van der Waals surface area contributed by atoms with Crippen molar-refractivity contribution in [2.75, 3.05) is 4.90 Å². The predicted octanol–water partition coefficient (Wildman–Crippen LogP) is 3.13. The van der Waals surface area contributed by atoms with E-state index in [1.807, 2.05) is 30.3 Å². The molecule has 1 aliphatic carbocycles. The molecule has 0 radical (unpaired) electrons. The van der Waals surface area contributed by atoms with E-state index in [0.717, 1.165) is 27.8 Å². The Balaban J connectivity index is 1.30. The number of carbonyl (C=O) groups excluding carboxylic acids is 2. The molecule has 1 N–H and O–H groups in total. The number of aromatic nitrogens is 4. The SMILES string of the molecule is CC(=O)N(c1nnc(SCc2nnc(C(=O)NCc3ccccc3)s2)s1)C1CC1. The minimum atomic E-state index is -0.234. The fourth-order valence-electron chi connectivity index (χ4n) is 2.62. The van der Waals surface area contributed by atoms with Crippen LogP contribution in [0.2, 0.25) is 0 Å². The molecular formula is C18H18N6O2S3. The van der Waals surface area contributed by atoms with Gasteiger partial charge in [0, 0.05) is 19.5 Å². The van der Waals surface area contributed by atoms with Crippen LogP contribution >= 0.6 is 34.4 Å². The van der Waals surface area contributed by atoms with Crippen molar-refractivity contribution in [1.29, 1.82) is 0 Å². The summed E-state index contributed by atoms with van der Waals surface area (Å²) in [6.45, 7) is 2.00. The molecule has 1 fully saturated rings. The van der Waals surface area contributed by atoms with Crippen molar-refractivity contribution in [3.8, 4) is 0 Å². The largest absolute Gasteiger partial charge is 0.346 e. The van der Waals surface area contributed by atoms with Crippen molar-refractivity contribution in [1.82, 2.24) is 25.7 Å². The standard InChI is InChI=1S/C18H18N6O2S3/c1-11(25)24(13-7-8-13)17-22-23-18(29-17)27-10-14-20-21-16(28-14)15(26)19-9-12-5-3-2-4-6-12/h2-6,13H,7-10H2,1H3,(H,19,26). The highest BCUT2D eigenvalue weighted by Crippen LogP contribution is 2.36. The number of nitrogens with zero attached hydrogens (tertiary/aromatic N) is 5. The van der Waals surface area contributed by atoms with E-state index in [-0.39, 0.29) is 17.9 Å². The molecule has 1 aliphatic rings. The minimum Gasteiger partial charge on any atom is -0.346 e. The first-order valence-electron chi connectivity index (χ1n) is 9.01. The molecule has 2 aromatic heterocycles. The van der Waals surface area contributed by atoms with E-state index in [9.17, 15) is 9.59 Å². The summed E-state index contributed by atoms with van der Waals surface area (Å²) in [4.78, 5) is 25.8. The number of carbonyl (C=O) groups is 2. The first-order chi connectivity index (χ1) is 14.1. The van der Waals surface area contributed by atoms with Gasteiger partial charge in [0.2, 0.25) is 16.0 Å². The maximum absolute atomic E-state index is 12.2. The number of hydrogen-bond donors (Lipinski definition) is 1. The number of anilines is 1. The average Bonchev–Trinajstić information content (AvgIpc) is 3.24. The normalized spacial score (nSPS) is 13.3. The van der Waals surface area contributed by atoms with Crippen molar-refractivity contribution in [3.63, 3.8) is 0 Å². The lowest BCUT2D eigenvalue weighted by atomic mass is 10.2. The van der Waals surface area contributed by atoms with Crippen molar-refractivity contribution in [2.45, 2.75) is 42.4 Å². The topological polar surface area (TPSA) is 101 Å². The van der Waals surface area contributed by atoms with Crippen LogP contribution in [-0.4, -0.2) is 38.3 Å². The van der Waals surface area contributed by atoms with Crippen LogP contribution in [-0.2, 0) is 17.1 Å². The predicted molar refractivity (Wildman–Crippen MR) is 113 cm³/mol. The van der Waals surface area contributed by atoms with E-state index in [1.54, 1.807) is 11.8 Å². The highest BCUT2D eigenvalue weighted by molar-refractivity contribution is 8.00.